The van der Waals surface area contributed by atoms with Crippen molar-refractivity contribution in [2.75, 3.05) is 6.54 Å². The molecule has 1 fully saturated rings. The van der Waals surface area contributed by atoms with Crippen molar-refractivity contribution in [3.63, 3.8) is 0 Å². The minimum absolute atomic E-state index is 0.569. The number of hydrogen-bond donors (Lipinski definition) is 2. The first-order chi connectivity index (χ1) is 8.63. The summed E-state index contributed by atoms with van der Waals surface area (Å²) < 4.78 is 0. The molecule has 2 nitrogen and oxygen atoms in total. The first-order valence-electron chi connectivity index (χ1n) is 7.18. The fraction of sp³-hybridized carbons (Fsp3) is 0.733. The van der Waals surface area contributed by atoms with Crippen LogP contribution in [0.15, 0.2) is 12.1 Å². The van der Waals surface area contributed by atoms with Crippen LogP contribution < -0.4 is 10.6 Å². The molecule has 3 unspecified atom stereocenters. The summed E-state index contributed by atoms with van der Waals surface area (Å²) in [4.78, 5) is 2.92. The maximum atomic E-state index is 3.73. The first-order valence-corrected chi connectivity index (χ1v) is 8.00. The fourth-order valence-corrected chi connectivity index (χ4v) is 3.91. The van der Waals surface area contributed by atoms with Gasteiger partial charge in [-0.3, -0.25) is 0 Å². The molecular weight excluding hydrogens is 240 g/mol. The van der Waals surface area contributed by atoms with Crippen molar-refractivity contribution in [3.8, 4) is 0 Å². The molecule has 2 heterocycles. The van der Waals surface area contributed by atoms with Crippen molar-refractivity contribution < 1.29 is 0 Å². The molecule has 1 aromatic rings. The molecule has 1 aromatic heterocycles. The summed E-state index contributed by atoms with van der Waals surface area (Å²) in [7, 11) is 0. The van der Waals surface area contributed by atoms with Gasteiger partial charge in [0.05, 0.1) is 0 Å². The highest BCUT2D eigenvalue weighted by Crippen LogP contribution is 2.17. The van der Waals surface area contributed by atoms with Crippen LogP contribution in [-0.4, -0.2) is 24.7 Å². The second-order valence-corrected chi connectivity index (χ2v) is 7.09. The SMILES string of the molecule is Cc1ccc(CC(C)NC(C)CC2CCCN2)s1. The summed E-state index contributed by atoms with van der Waals surface area (Å²) in [5.41, 5.74) is 0. The Labute approximate surface area is 115 Å². The molecule has 3 heteroatoms. The van der Waals surface area contributed by atoms with Crippen LogP contribution in [0.25, 0.3) is 0 Å². The van der Waals surface area contributed by atoms with Gasteiger partial charge in [-0.25, -0.2) is 0 Å². The topological polar surface area (TPSA) is 24.1 Å². The molecule has 0 aliphatic carbocycles. The van der Waals surface area contributed by atoms with E-state index in [1.807, 2.05) is 11.3 Å². The van der Waals surface area contributed by atoms with Crippen molar-refractivity contribution in [2.24, 2.45) is 0 Å². The summed E-state index contributed by atoms with van der Waals surface area (Å²) in [5, 5.41) is 7.31. The Morgan fingerprint density at radius 2 is 2.22 bits per heavy atom. The molecule has 2 rings (SSSR count). The van der Waals surface area contributed by atoms with Crippen LogP contribution in [-0.2, 0) is 6.42 Å². The smallest absolute Gasteiger partial charge is 0.00895 e. The quantitative estimate of drug-likeness (QED) is 0.827. The Balaban J connectivity index is 1.71. The number of thiophene rings is 1. The third-order valence-electron chi connectivity index (χ3n) is 3.67. The summed E-state index contributed by atoms with van der Waals surface area (Å²) in [5.74, 6) is 0. The van der Waals surface area contributed by atoms with E-state index in [-0.39, 0.29) is 0 Å². The molecule has 1 aliphatic rings. The Hall–Kier alpha value is -0.380. The molecular formula is C15H26N2S. The number of hydrogen-bond acceptors (Lipinski definition) is 3. The van der Waals surface area contributed by atoms with Gasteiger partial charge in [0.1, 0.15) is 0 Å². The zero-order valence-corrected chi connectivity index (χ0v) is 12.6. The molecule has 1 aliphatic heterocycles. The van der Waals surface area contributed by atoms with Crippen molar-refractivity contribution >= 4 is 11.3 Å². The van der Waals surface area contributed by atoms with Crippen LogP contribution in [0.3, 0.4) is 0 Å². The number of aryl methyl sites for hydroxylation is 1. The van der Waals surface area contributed by atoms with Gasteiger partial charge in [0.25, 0.3) is 0 Å². The lowest BCUT2D eigenvalue weighted by atomic mass is 10.1. The molecule has 0 bridgehead atoms. The largest absolute Gasteiger partial charge is 0.314 e. The van der Waals surface area contributed by atoms with Crippen molar-refractivity contribution in [1.82, 2.24) is 10.6 Å². The summed E-state index contributed by atoms with van der Waals surface area (Å²) in [6.45, 7) is 8.01. The fourth-order valence-electron chi connectivity index (χ4n) is 2.89. The van der Waals surface area contributed by atoms with E-state index in [1.165, 1.54) is 35.6 Å². The van der Waals surface area contributed by atoms with E-state index in [0.717, 1.165) is 12.5 Å². The highest BCUT2D eigenvalue weighted by molar-refractivity contribution is 7.11. The highest BCUT2D eigenvalue weighted by atomic mass is 32.1. The molecule has 18 heavy (non-hydrogen) atoms. The summed E-state index contributed by atoms with van der Waals surface area (Å²) in [6, 6.07) is 6.40. The van der Waals surface area contributed by atoms with E-state index in [9.17, 15) is 0 Å². The van der Waals surface area contributed by atoms with Gasteiger partial charge in [-0.1, -0.05) is 0 Å². The van der Waals surface area contributed by atoms with Gasteiger partial charge in [-0.05, 0) is 65.1 Å². The first kappa shape index (κ1) is 14.0. The zero-order chi connectivity index (χ0) is 13.0. The van der Waals surface area contributed by atoms with Gasteiger partial charge in [0, 0.05) is 27.9 Å². The Morgan fingerprint density at radius 1 is 1.39 bits per heavy atom. The van der Waals surface area contributed by atoms with E-state index in [0.29, 0.717) is 12.1 Å². The second-order valence-electron chi connectivity index (χ2n) is 5.71. The average Bonchev–Trinajstić information content (AvgIpc) is 2.90. The average molecular weight is 266 g/mol. The number of rotatable bonds is 6. The maximum absolute atomic E-state index is 3.73. The van der Waals surface area contributed by atoms with Crippen LogP contribution in [0.1, 0.15) is 42.9 Å². The molecule has 0 saturated carbocycles. The Morgan fingerprint density at radius 3 is 2.83 bits per heavy atom. The molecule has 2 N–H and O–H groups in total. The predicted molar refractivity (Wildman–Crippen MR) is 80.5 cm³/mol. The van der Waals surface area contributed by atoms with Crippen molar-refractivity contribution in [3.05, 3.63) is 21.9 Å². The standard InChI is InChI=1S/C15H26N2S/c1-11(9-14-5-4-8-16-14)17-12(2)10-15-7-6-13(3)18-15/h6-7,11-12,14,16-17H,4-5,8-10H2,1-3H3. The van der Waals surface area contributed by atoms with Gasteiger partial charge in [0.15, 0.2) is 0 Å². The van der Waals surface area contributed by atoms with Gasteiger partial charge in [0.2, 0.25) is 0 Å². The zero-order valence-electron chi connectivity index (χ0n) is 11.8. The van der Waals surface area contributed by atoms with Gasteiger partial charge in [-0.2, -0.15) is 0 Å². The molecule has 0 radical (unpaired) electrons. The van der Waals surface area contributed by atoms with E-state index in [1.54, 1.807) is 0 Å². The maximum Gasteiger partial charge on any atom is 0.00895 e. The second kappa shape index (κ2) is 6.69. The van der Waals surface area contributed by atoms with E-state index in [2.05, 4.69) is 43.5 Å². The lowest BCUT2D eigenvalue weighted by Gasteiger charge is -2.22. The lowest BCUT2D eigenvalue weighted by Crippen LogP contribution is -2.39. The van der Waals surface area contributed by atoms with E-state index >= 15 is 0 Å². The molecule has 3 atom stereocenters. The van der Waals surface area contributed by atoms with Crippen LogP contribution >= 0.6 is 11.3 Å². The Bertz CT molecular complexity index is 355. The monoisotopic (exact) mass is 266 g/mol. The van der Waals surface area contributed by atoms with Crippen LogP contribution in [0.4, 0.5) is 0 Å². The molecule has 102 valence electrons. The minimum Gasteiger partial charge on any atom is -0.314 e. The third-order valence-corrected chi connectivity index (χ3v) is 4.70. The molecule has 0 aromatic carbocycles. The van der Waals surface area contributed by atoms with Crippen LogP contribution in [0.5, 0.6) is 0 Å². The van der Waals surface area contributed by atoms with E-state index < -0.39 is 0 Å². The van der Waals surface area contributed by atoms with Crippen molar-refractivity contribution in [1.29, 1.82) is 0 Å². The van der Waals surface area contributed by atoms with E-state index in [4.69, 9.17) is 0 Å². The van der Waals surface area contributed by atoms with Crippen molar-refractivity contribution in [2.45, 2.75) is 64.6 Å². The molecule has 0 amide bonds. The van der Waals surface area contributed by atoms with Gasteiger partial charge >= 0.3 is 0 Å². The minimum atomic E-state index is 0.569. The van der Waals surface area contributed by atoms with Gasteiger partial charge < -0.3 is 10.6 Å². The normalized spacial score (nSPS) is 23.2. The van der Waals surface area contributed by atoms with Crippen LogP contribution in [0, 0.1) is 6.92 Å². The number of nitrogens with one attached hydrogen (secondary N) is 2. The van der Waals surface area contributed by atoms with Gasteiger partial charge in [-0.15, -0.1) is 11.3 Å². The summed E-state index contributed by atoms with van der Waals surface area (Å²) >= 11 is 1.92. The highest BCUT2D eigenvalue weighted by Gasteiger charge is 2.18. The predicted octanol–water partition coefficient (Wildman–Crippen LogP) is 3.11. The third kappa shape index (κ3) is 4.38. The van der Waals surface area contributed by atoms with Crippen LogP contribution in [0.2, 0.25) is 0 Å². The molecule has 1 saturated heterocycles. The molecule has 0 spiro atoms. The lowest BCUT2D eigenvalue weighted by molar-refractivity contribution is 0.402. The Kier molecular flexibility index (Phi) is 5.22. The summed E-state index contributed by atoms with van der Waals surface area (Å²) in [6.07, 6.45) is 5.11.